The summed E-state index contributed by atoms with van der Waals surface area (Å²) in [7, 11) is 3.62. The minimum atomic E-state index is 0.430. The minimum Gasteiger partial charge on any atom is -0.493 e. The number of nitrogens with one attached hydrogen (secondary N) is 1. The van der Waals surface area contributed by atoms with Gasteiger partial charge < -0.3 is 19.4 Å². The maximum atomic E-state index is 5.88. The molecule has 5 heteroatoms. The molecule has 0 unspecified atom stereocenters. The summed E-state index contributed by atoms with van der Waals surface area (Å²) in [6.07, 6.45) is 6.26. The lowest BCUT2D eigenvalue weighted by Crippen LogP contribution is -2.15. The Bertz CT molecular complexity index is 605. The van der Waals surface area contributed by atoms with Crippen molar-refractivity contribution in [1.82, 2.24) is 14.9 Å². The van der Waals surface area contributed by atoms with Crippen molar-refractivity contribution in [3.8, 4) is 11.5 Å². The average Bonchev–Trinajstić information content (AvgIpc) is 3.25. The smallest absolute Gasteiger partial charge is 0.162 e. The maximum Gasteiger partial charge on any atom is 0.162 e. The van der Waals surface area contributed by atoms with Crippen LogP contribution in [0.25, 0.3) is 0 Å². The predicted molar refractivity (Wildman–Crippen MR) is 80.4 cm³/mol. The Morgan fingerprint density at radius 2 is 2.19 bits per heavy atom. The summed E-state index contributed by atoms with van der Waals surface area (Å²) in [6.45, 7) is 1.30. The molecule has 5 nitrogen and oxygen atoms in total. The van der Waals surface area contributed by atoms with Gasteiger partial charge in [0, 0.05) is 32.0 Å². The molecular formula is C16H21N3O2. The number of imidazole rings is 1. The molecule has 1 N–H and O–H groups in total. The third-order valence-corrected chi connectivity index (χ3v) is 3.68. The van der Waals surface area contributed by atoms with Gasteiger partial charge in [0.2, 0.25) is 0 Å². The molecular weight excluding hydrogens is 266 g/mol. The minimum absolute atomic E-state index is 0.430. The van der Waals surface area contributed by atoms with Crippen LogP contribution in [0.15, 0.2) is 30.6 Å². The van der Waals surface area contributed by atoms with Gasteiger partial charge >= 0.3 is 0 Å². The normalized spacial score (nSPS) is 14.2. The van der Waals surface area contributed by atoms with E-state index in [-0.39, 0.29) is 0 Å². The van der Waals surface area contributed by atoms with Crippen molar-refractivity contribution in [2.75, 3.05) is 7.11 Å². The molecule has 0 saturated heterocycles. The number of aromatic nitrogens is 2. The zero-order chi connectivity index (χ0) is 14.7. The Labute approximate surface area is 124 Å². The number of nitrogens with zero attached hydrogens (tertiary/aromatic N) is 2. The van der Waals surface area contributed by atoms with Gasteiger partial charge in [0.25, 0.3) is 0 Å². The molecule has 2 aromatic rings. The fourth-order valence-electron chi connectivity index (χ4n) is 2.17. The third kappa shape index (κ3) is 3.55. The van der Waals surface area contributed by atoms with Crippen molar-refractivity contribution in [2.45, 2.75) is 32.0 Å². The number of aryl methyl sites for hydroxylation is 1. The van der Waals surface area contributed by atoms with Gasteiger partial charge in [0.05, 0.1) is 7.11 Å². The highest BCUT2D eigenvalue weighted by Gasteiger charge is 2.20. The molecule has 1 aliphatic carbocycles. The van der Waals surface area contributed by atoms with Crippen molar-refractivity contribution in [1.29, 1.82) is 0 Å². The van der Waals surface area contributed by atoms with Gasteiger partial charge in [-0.25, -0.2) is 4.98 Å². The second-order valence-electron chi connectivity index (χ2n) is 5.38. The SMILES string of the molecule is COc1ccc(CNC2CC2)cc1OCc1nccn1C. The highest BCUT2D eigenvalue weighted by Crippen LogP contribution is 2.29. The highest BCUT2D eigenvalue weighted by molar-refractivity contribution is 5.43. The van der Waals surface area contributed by atoms with E-state index in [2.05, 4.69) is 16.4 Å². The van der Waals surface area contributed by atoms with Gasteiger partial charge in [-0.1, -0.05) is 6.07 Å². The zero-order valence-electron chi connectivity index (χ0n) is 12.5. The van der Waals surface area contributed by atoms with Crippen LogP contribution in [0.5, 0.6) is 11.5 Å². The first-order valence-corrected chi connectivity index (χ1v) is 7.25. The fourth-order valence-corrected chi connectivity index (χ4v) is 2.17. The Morgan fingerprint density at radius 3 is 2.86 bits per heavy atom. The first-order chi connectivity index (χ1) is 10.3. The van der Waals surface area contributed by atoms with Gasteiger partial charge in [-0.05, 0) is 30.5 Å². The molecule has 0 amide bonds. The van der Waals surface area contributed by atoms with Crippen molar-refractivity contribution in [3.63, 3.8) is 0 Å². The zero-order valence-corrected chi connectivity index (χ0v) is 12.5. The largest absolute Gasteiger partial charge is 0.493 e. The molecule has 21 heavy (non-hydrogen) atoms. The van der Waals surface area contributed by atoms with E-state index in [4.69, 9.17) is 9.47 Å². The fraction of sp³-hybridized carbons (Fsp3) is 0.438. The predicted octanol–water partition coefficient (Wildman–Crippen LogP) is 2.26. The topological polar surface area (TPSA) is 48.3 Å². The van der Waals surface area contributed by atoms with Gasteiger partial charge in [-0.3, -0.25) is 0 Å². The highest BCUT2D eigenvalue weighted by atomic mass is 16.5. The van der Waals surface area contributed by atoms with Gasteiger partial charge in [-0.15, -0.1) is 0 Å². The van der Waals surface area contributed by atoms with Crippen molar-refractivity contribution < 1.29 is 9.47 Å². The summed E-state index contributed by atoms with van der Waals surface area (Å²) >= 11 is 0. The van der Waals surface area contributed by atoms with Crippen LogP contribution in [0.2, 0.25) is 0 Å². The molecule has 112 valence electrons. The lowest BCUT2D eigenvalue weighted by molar-refractivity contribution is 0.273. The van der Waals surface area contributed by atoms with Crippen molar-refractivity contribution in [3.05, 3.63) is 42.0 Å². The second kappa shape index (κ2) is 6.18. The first-order valence-electron chi connectivity index (χ1n) is 7.25. The van der Waals surface area contributed by atoms with Crippen LogP contribution >= 0.6 is 0 Å². The Balaban J connectivity index is 1.68. The van der Waals surface area contributed by atoms with E-state index in [0.29, 0.717) is 12.6 Å². The van der Waals surface area contributed by atoms with Crippen LogP contribution < -0.4 is 14.8 Å². The molecule has 0 aliphatic heterocycles. The number of benzene rings is 1. The number of methoxy groups -OCH3 is 1. The summed E-state index contributed by atoms with van der Waals surface area (Å²) in [4.78, 5) is 4.26. The summed E-state index contributed by atoms with van der Waals surface area (Å²) in [6, 6.07) is 6.76. The van der Waals surface area contributed by atoms with Crippen LogP contribution in [0.1, 0.15) is 24.2 Å². The summed E-state index contributed by atoms with van der Waals surface area (Å²) < 4.78 is 13.2. The Kier molecular flexibility index (Phi) is 4.10. The first kappa shape index (κ1) is 13.9. The summed E-state index contributed by atoms with van der Waals surface area (Å²) in [5.74, 6) is 2.40. The van der Waals surface area contributed by atoms with E-state index >= 15 is 0 Å². The van der Waals surface area contributed by atoms with Gasteiger partial charge in [0.15, 0.2) is 11.5 Å². The molecule has 1 fully saturated rings. The Morgan fingerprint density at radius 1 is 1.33 bits per heavy atom. The molecule has 0 radical (unpaired) electrons. The van der Waals surface area contributed by atoms with E-state index in [0.717, 1.165) is 23.9 Å². The third-order valence-electron chi connectivity index (χ3n) is 3.68. The molecule has 3 rings (SSSR count). The molecule has 1 aliphatic rings. The van der Waals surface area contributed by atoms with E-state index in [1.165, 1.54) is 18.4 Å². The van der Waals surface area contributed by atoms with E-state index < -0.39 is 0 Å². The van der Waals surface area contributed by atoms with E-state index in [1.807, 2.05) is 29.9 Å². The quantitative estimate of drug-likeness (QED) is 0.848. The van der Waals surface area contributed by atoms with Crippen LogP contribution in [0.3, 0.4) is 0 Å². The average molecular weight is 287 g/mol. The summed E-state index contributed by atoms with van der Waals surface area (Å²) in [5, 5.41) is 3.50. The second-order valence-corrected chi connectivity index (χ2v) is 5.38. The number of rotatable bonds is 7. The molecule has 1 heterocycles. The van der Waals surface area contributed by atoms with Crippen molar-refractivity contribution >= 4 is 0 Å². The standard InChI is InChI=1S/C16H21N3O2/c1-19-8-7-17-16(19)11-21-15-9-12(3-6-14(15)20-2)10-18-13-4-5-13/h3,6-9,13,18H,4-5,10-11H2,1-2H3. The van der Waals surface area contributed by atoms with Gasteiger partial charge in [-0.2, -0.15) is 0 Å². The van der Waals surface area contributed by atoms with E-state index in [1.54, 1.807) is 13.3 Å². The van der Waals surface area contributed by atoms with Crippen LogP contribution in [-0.4, -0.2) is 22.7 Å². The van der Waals surface area contributed by atoms with Crippen LogP contribution in [0.4, 0.5) is 0 Å². The molecule has 1 aromatic carbocycles. The monoisotopic (exact) mass is 287 g/mol. The molecule has 0 atom stereocenters. The van der Waals surface area contributed by atoms with Crippen LogP contribution in [0, 0.1) is 0 Å². The lowest BCUT2D eigenvalue weighted by Gasteiger charge is -2.12. The van der Waals surface area contributed by atoms with Crippen molar-refractivity contribution in [2.24, 2.45) is 7.05 Å². The lowest BCUT2D eigenvalue weighted by atomic mass is 10.2. The summed E-state index contributed by atoms with van der Waals surface area (Å²) in [5.41, 5.74) is 1.21. The molecule has 0 spiro atoms. The Hall–Kier alpha value is -2.01. The number of ether oxygens (including phenoxy) is 2. The van der Waals surface area contributed by atoms with E-state index in [9.17, 15) is 0 Å². The van der Waals surface area contributed by atoms with Gasteiger partial charge in [0.1, 0.15) is 12.4 Å². The number of hydrogen-bond donors (Lipinski definition) is 1. The molecule has 1 aromatic heterocycles. The molecule has 1 saturated carbocycles. The van der Waals surface area contributed by atoms with Crippen LogP contribution in [-0.2, 0) is 20.2 Å². The maximum absolute atomic E-state index is 5.88. The number of hydrogen-bond acceptors (Lipinski definition) is 4. The molecule has 0 bridgehead atoms.